The van der Waals surface area contributed by atoms with Crippen LogP contribution in [0.2, 0.25) is 0 Å². The molecule has 3 atom stereocenters. The predicted octanol–water partition coefficient (Wildman–Crippen LogP) is 1.54. The molecule has 0 spiro atoms. The lowest BCUT2D eigenvalue weighted by Crippen LogP contribution is -2.48. The molecule has 0 radical (unpaired) electrons. The Morgan fingerprint density at radius 2 is 2.13 bits per heavy atom. The number of thiazole rings is 1. The lowest BCUT2D eigenvalue weighted by atomic mass is 10.00. The molecule has 166 valence electrons. The molecule has 0 unspecified atom stereocenters. The van der Waals surface area contributed by atoms with Gasteiger partial charge in [-0.3, -0.25) is 14.4 Å². The molecule has 2 aromatic rings. The van der Waals surface area contributed by atoms with Crippen LogP contribution >= 0.6 is 11.3 Å². The van der Waals surface area contributed by atoms with Gasteiger partial charge in [0, 0.05) is 19.5 Å². The Morgan fingerprint density at radius 1 is 1.32 bits per heavy atom. The maximum atomic E-state index is 13.2. The predicted molar refractivity (Wildman–Crippen MR) is 121 cm³/mol. The molecule has 2 amide bonds. The van der Waals surface area contributed by atoms with Crippen molar-refractivity contribution >= 4 is 45.5 Å². The van der Waals surface area contributed by atoms with Crippen LogP contribution in [0.25, 0.3) is 10.2 Å². The summed E-state index contributed by atoms with van der Waals surface area (Å²) >= 11 is 1.33. The number of aromatic nitrogens is 1. The Morgan fingerprint density at radius 3 is 2.87 bits per heavy atom. The van der Waals surface area contributed by atoms with Gasteiger partial charge in [0.05, 0.1) is 22.2 Å². The highest BCUT2D eigenvalue weighted by molar-refractivity contribution is 7.20. The lowest BCUT2D eigenvalue weighted by Gasteiger charge is -2.23. The fourth-order valence-corrected chi connectivity index (χ4v) is 4.87. The maximum absolute atomic E-state index is 13.2. The first-order valence-electron chi connectivity index (χ1n) is 10.4. The van der Waals surface area contributed by atoms with Crippen LogP contribution in [0.3, 0.4) is 0 Å². The number of fused-ring (bicyclic) bond motifs is 1. The summed E-state index contributed by atoms with van der Waals surface area (Å²) in [6, 6.07) is 6.68. The van der Waals surface area contributed by atoms with E-state index in [1.54, 1.807) is 0 Å². The van der Waals surface area contributed by atoms with Crippen LogP contribution in [0, 0.1) is 5.92 Å². The summed E-state index contributed by atoms with van der Waals surface area (Å²) in [6.07, 6.45) is 4.78. The Hall–Kier alpha value is -3.01. The van der Waals surface area contributed by atoms with Crippen molar-refractivity contribution in [2.24, 2.45) is 16.9 Å². The minimum atomic E-state index is -0.691. The fourth-order valence-electron chi connectivity index (χ4n) is 3.91. The minimum Gasteiger partial charge on any atom is -0.375 e. The number of rotatable bonds is 10. The molecule has 31 heavy (non-hydrogen) atoms. The zero-order valence-electron chi connectivity index (χ0n) is 17.5. The van der Waals surface area contributed by atoms with Gasteiger partial charge in [0.1, 0.15) is 6.34 Å². The van der Waals surface area contributed by atoms with Gasteiger partial charge in [-0.05, 0) is 37.8 Å². The highest BCUT2D eigenvalue weighted by Gasteiger charge is 2.35. The molecule has 1 aliphatic carbocycles. The van der Waals surface area contributed by atoms with E-state index in [9.17, 15) is 14.4 Å². The third-order valence-electron chi connectivity index (χ3n) is 5.36. The molecular formula is C21H28N6O3S. The maximum Gasteiger partial charge on any atom is 0.225 e. The molecular weight excluding hydrogens is 416 g/mol. The number of nitrogens with zero attached hydrogens (tertiary/aromatic N) is 2. The van der Waals surface area contributed by atoms with Crippen molar-refractivity contribution in [3.63, 3.8) is 0 Å². The number of nitrogens with one attached hydrogen (secondary N) is 3. The molecule has 0 bridgehead atoms. The van der Waals surface area contributed by atoms with Crippen LogP contribution in [0.4, 0.5) is 0 Å². The number of carbonyl (C=O) groups is 3. The Labute approximate surface area is 184 Å². The number of para-hydroxylation sites is 1. The van der Waals surface area contributed by atoms with E-state index in [0.29, 0.717) is 30.8 Å². The summed E-state index contributed by atoms with van der Waals surface area (Å²) in [5, 5.41) is 12.5. The zero-order valence-corrected chi connectivity index (χ0v) is 18.3. The van der Waals surface area contributed by atoms with E-state index in [4.69, 9.17) is 5.84 Å². The van der Waals surface area contributed by atoms with Crippen LogP contribution in [0.15, 0.2) is 29.4 Å². The first-order valence-corrected chi connectivity index (χ1v) is 11.2. The van der Waals surface area contributed by atoms with Gasteiger partial charge in [0.25, 0.3) is 0 Å². The van der Waals surface area contributed by atoms with Crippen molar-refractivity contribution in [3.8, 4) is 0 Å². The van der Waals surface area contributed by atoms with Gasteiger partial charge in [0.2, 0.25) is 17.6 Å². The zero-order chi connectivity index (χ0) is 22.2. The van der Waals surface area contributed by atoms with E-state index in [1.807, 2.05) is 24.3 Å². The van der Waals surface area contributed by atoms with E-state index >= 15 is 0 Å². The van der Waals surface area contributed by atoms with Gasteiger partial charge in [-0.15, -0.1) is 11.3 Å². The second kappa shape index (κ2) is 10.9. The first kappa shape index (κ1) is 22.7. The molecule has 1 aromatic carbocycles. The van der Waals surface area contributed by atoms with Crippen molar-refractivity contribution in [2.45, 2.75) is 51.1 Å². The van der Waals surface area contributed by atoms with Gasteiger partial charge in [-0.25, -0.2) is 4.98 Å². The number of nitrogens with two attached hydrogens (primary N) is 1. The summed E-state index contributed by atoms with van der Waals surface area (Å²) in [5.74, 6) is 4.18. The van der Waals surface area contributed by atoms with E-state index in [0.717, 1.165) is 23.1 Å². The van der Waals surface area contributed by atoms with Gasteiger partial charge < -0.3 is 21.8 Å². The van der Waals surface area contributed by atoms with Crippen LogP contribution in [0.5, 0.6) is 0 Å². The summed E-state index contributed by atoms with van der Waals surface area (Å²) < 4.78 is 0.929. The number of hydrazone groups is 1. The molecule has 1 aromatic heterocycles. The Bertz CT molecular complexity index is 926. The molecule has 1 heterocycles. The SMILES string of the molecule is CC(=O)N[C@H]1CCC[C@H]1C(=O)N[C@@H](CCCNC=NN)C(=O)c1nc2ccccc2s1. The summed E-state index contributed by atoms with van der Waals surface area (Å²) in [7, 11) is 0. The number of benzene rings is 1. The quantitative estimate of drug-likeness (QED) is 0.109. The molecule has 3 rings (SSSR count). The van der Waals surface area contributed by atoms with E-state index in [1.165, 1.54) is 24.6 Å². The van der Waals surface area contributed by atoms with Crippen molar-refractivity contribution in [3.05, 3.63) is 29.3 Å². The number of Topliss-reactive ketones (excluding diaryl/α,β-unsaturated/α-hetero) is 1. The van der Waals surface area contributed by atoms with Crippen LogP contribution < -0.4 is 21.8 Å². The second-order valence-corrected chi connectivity index (χ2v) is 8.66. The van der Waals surface area contributed by atoms with Crippen LogP contribution in [-0.4, -0.2) is 47.5 Å². The number of amides is 2. The second-order valence-electron chi connectivity index (χ2n) is 7.63. The smallest absolute Gasteiger partial charge is 0.225 e. The van der Waals surface area contributed by atoms with Crippen molar-refractivity contribution in [1.29, 1.82) is 0 Å². The average molecular weight is 445 g/mol. The van der Waals surface area contributed by atoms with Gasteiger partial charge in [0.15, 0.2) is 5.01 Å². The van der Waals surface area contributed by atoms with Crippen molar-refractivity contribution in [1.82, 2.24) is 20.9 Å². The standard InChI is InChI=1S/C21H28N6O3S/c1-13(28)25-15-8-4-6-14(15)20(30)26-17(9-5-11-23-12-24-22)19(29)21-27-16-7-2-3-10-18(16)31-21/h2-3,7,10,12,14-15,17H,4-6,8-9,11,22H2,1H3,(H,23,24)(H,25,28)(H,26,30)/t14-,15+,17+/m1/s1. The summed E-state index contributed by atoms with van der Waals surface area (Å²) in [5.41, 5.74) is 0.767. The van der Waals surface area contributed by atoms with Crippen molar-refractivity contribution in [2.75, 3.05) is 6.54 Å². The molecule has 5 N–H and O–H groups in total. The van der Waals surface area contributed by atoms with Crippen LogP contribution in [0.1, 0.15) is 48.8 Å². The number of hydrogen-bond acceptors (Lipinski definition) is 7. The molecule has 10 heteroatoms. The topological polar surface area (TPSA) is 139 Å². The minimum absolute atomic E-state index is 0.153. The van der Waals surface area contributed by atoms with E-state index in [-0.39, 0.29) is 29.6 Å². The van der Waals surface area contributed by atoms with Gasteiger partial charge in [-0.2, -0.15) is 5.10 Å². The number of carbonyl (C=O) groups excluding carboxylic acids is 3. The van der Waals surface area contributed by atoms with Gasteiger partial charge >= 0.3 is 0 Å². The van der Waals surface area contributed by atoms with Gasteiger partial charge in [-0.1, -0.05) is 18.6 Å². The third kappa shape index (κ3) is 6.00. The normalized spacial score (nSPS) is 19.4. The fraction of sp³-hybridized carbons (Fsp3) is 0.476. The lowest BCUT2D eigenvalue weighted by molar-refractivity contribution is -0.126. The molecule has 1 fully saturated rings. The van der Waals surface area contributed by atoms with E-state index < -0.39 is 6.04 Å². The molecule has 1 saturated carbocycles. The largest absolute Gasteiger partial charge is 0.375 e. The summed E-state index contributed by atoms with van der Waals surface area (Å²) in [4.78, 5) is 42.2. The average Bonchev–Trinajstić information content (AvgIpc) is 3.38. The molecule has 0 saturated heterocycles. The highest BCUT2D eigenvalue weighted by Crippen LogP contribution is 2.27. The number of ketones is 1. The van der Waals surface area contributed by atoms with Crippen LogP contribution in [-0.2, 0) is 9.59 Å². The first-order chi connectivity index (χ1) is 15.0. The number of hydrogen-bond donors (Lipinski definition) is 4. The molecule has 9 nitrogen and oxygen atoms in total. The van der Waals surface area contributed by atoms with E-state index in [2.05, 4.69) is 26.0 Å². The Kier molecular flexibility index (Phi) is 7.94. The van der Waals surface area contributed by atoms with Crippen molar-refractivity contribution < 1.29 is 14.4 Å². The summed E-state index contributed by atoms with van der Waals surface area (Å²) in [6.45, 7) is 2.02. The molecule has 0 aliphatic heterocycles. The Balaban J connectivity index is 1.72. The molecule has 1 aliphatic rings. The highest BCUT2D eigenvalue weighted by atomic mass is 32.1. The monoisotopic (exact) mass is 444 g/mol. The third-order valence-corrected chi connectivity index (χ3v) is 6.41.